The number of amides is 2. The van der Waals surface area contributed by atoms with E-state index < -0.39 is 18.1 Å². The number of esters is 1. The van der Waals surface area contributed by atoms with Gasteiger partial charge >= 0.3 is 5.97 Å². The van der Waals surface area contributed by atoms with Gasteiger partial charge in [0.2, 0.25) is 11.8 Å². The second-order valence-electron chi connectivity index (χ2n) is 4.87. The summed E-state index contributed by atoms with van der Waals surface area (Å²) in [6.45, 7) is 3.92. The van der Waals surface area contributed by atoms with E-state index in [4.69, 9.17) is 0 Å². The molecule has 6 nitrogen and oxygen atoms in total. The maximum atomic E-state index is 11.9. The van der Waals surface area contributed by atoms with E-state index in [1.807, 2.05) is 13.8 Å². The predicted octanol–water partition coefficient (Wildman–Crippen LogP) is -0.0311. The van der Waals surface area contributed by atoms with Crippen molar-refractivity contribution in [1.82, 2.24) is 10.6 Å². The lowest BCUT2D eigenvalue weighted by molar-refractivity contribution is -0.145. The summed E-state index contributed by atoms with van der Waals surface area (Å²) in [4.78, 5) is 34.4. The Bertz CT molecular complexity index is 341. The Morgan fingerprint density at radius 3 is 2.61 bits per heavy atom. The molecule has 0 radical (unpaired) electrons. The van der Waals surface area contributed by atoms with Crippen molar-refractivity contribution in [3.8, 4) is 0 Å². The van der Waals surface area contributed by atoms with Crippen LogP contribution in [0.1, 0.15) is 33.1 Å². The molecule has 2 amide bonds. The Balaban J connectivity index is 2.56. The lowest BCUT2D eigenvalue weighted by Crippen LogP contribution is -2.49. The molecule has 1 fully saturated rings. The number of rotatable bonds is 5. The predicted molar refractivity (Wildman–Crippen MR) is 64.6 cm³/mol. The largest absolute Gasteiger partial charge is 0.467 e. The van der Waals surface area contributed by atoms with Crippen molar-refractivity contribution in [3.05, 3.63) is 0 Å². The Morgan fingerprint density at radius 1 is 1.50 bits per heavy atom. The summed E-state index contributed by atoms with van der Waals surface area (Å²) < 4.78 is 4.66. The van der Waals surface area contributed by atoms with Gasteiger partial charge < -0.3 is 15.4 Å². The minimum atomic E-state index is -0.653. The monoisotopic (exact) mass is 256 g/mol. The first kappa shape index (κ1) is 14.5. The van der Waals surface area contributed by atoms with Crippen molar-refractivity contribution in [2.45, 2.75) is 45.2 Å². The van der Waals surface area contributed by atoms with E-state index in [0.717, 1.165) is 0 Å². The first-order valence-electron chi connectivity index (χ1n) is 6.11. The molecule has 102 valence electrons. The molecule has 1 aliphatic heterocycles. The van der Waals surface area contributed by atoms with Gasteiger partial charge in [-0.3, -0.25) is 9.59 Å². The topological polar surface area (TPSA) is 84.5 Å². The van der Waals surface area contributed by atoms with Crippen molar-refractivity contribution < 1.29 is 19.1 Å². The van der Waals surface area contributed by atoms with Crippen LogP contribution in [0.5, 0.6) is 0 Å². The zero-order chi connectivity index (χ0) is 13.7. The number of carbonyl (C=O) groups excluding carboxylic acids is 3. The molecule has 0 bridgehead atoms. The van der Waals surface area contributed by atoms with Crippen molar-refractivity contribution >= 4 is 17.8 Å². The van der Waals surface area contributed by atoms with Crippen LogP contribution < -0.4 is 10.6 Å². The molecule has 1 rings (SSSR count). The number of methoxy groups -OCH3 is 1. The molecule has 18 heavy (non-hydrogen) atoms. The van der Waals surface area contributed by atoms with Gasteiger partial charge in [0.05, 0.1) is 7.11 Å². The van der Waals surface area contributed by atoms with Crippen LogP contribution in [0.25, 0.3) is 0 Å². The van der Waals surface area contributed by atoms with Crippen LogP contribution in [-0.2, 0) is 19.1 Å². The van der Waals surface area contributed by atoms with Crippen molar-refractivity contribution in [1.29, 1.82) is 0 Å². The number of hydrogen-bond acceptors (Lipinski definition) is 4. The summed E-state index contributed by atoms with van der Waals surface area (Å²) in [5, 5.41) is 5.20. The average molecular weight is 256 g/mol. The SMILES string of the molecule is COC(=O)[C@@H](CC(C)C)NC(=O)[C@@H]1CCC(=O)N1. The summed E-state index contributed by atoms with van der Waals surface area (Å²) in [6.07, 6.45) is 1.34. The van der Waals surface area contributed by atoms with Gasteiger partial charge in [0.25, 0.3) is 0 Å². The van der Waals surface area contributed by atoms with Gasteiger partial charge in [-0.2, -0.15) is 0 Å². The fraction of sp³-hybridized carbons (Fsp3) is 0.750. The highest BCUT2D eigenvalue weighted by molar-refractivity contribution is 5.93. The second-order valence-corrected chi connectivity index (χ2v) is 4.87. The molecule has 1 heterocycles. The minimum absolute atomic E-state index is 0.131. The highest BCUT2D eigenvalue weighted by Gasteiger charge is 2.30. The van der Waals surface area contributed by atoms with E-state index >= 15 is 0 Å². The van der Waals surface area contributed by atoms with Crippen LogP contribution in [0.2, 0.25) is 0 Å². The molecule has 6 heteroatoms. The highest BCUT2D eigenvalue weighted by Crippen LogP contribution is 2.10. The summed E-state index contributed by atoms with van der Waals surface area (Å²) in [6, 6.07) is -1.18. The standard InChI is InChI=1S/C12H20N2O4/c1-7(2)6-9(12(17)18-3)14-11(16)8-4-5-10(15)13-8/h7-9H,4-6H2,1-3H3,(H,13,15)(H,14,16)/t8-,9+/m0/s1. The fourth-order valence-corrected chi connectivity index (χ4v) is 1.91. The van der Waals surface area contributed by atoms with Crippen LogP contribution in [0.3, 0.4) is 0 Å². The molecule has 2 atom stereocenters. The molecule has 0 aliphatic carbocycles. The minimum Gasteiger partial charge on any atom is -0.467 e. The third-order valence-corrected chi connectivity index (χ3v) is 2.82. The first-order valence-corrected chi connectivity index (χ1v) is 6.11. The van der Waals surface area contributed by atoms with Crippen LogP contribution >= 0.6 is 0 Å². The molecule has 0 unspecified atom stereocenters. The van der Waals surface area contributed by atoms with Gasteiger partial charge in [-0.15, -0.1) is 0 Å². The summed E-state index contributed by atoms with van der Waals surface area (Å²) in [5.41, 5.74) is 0. The van der Waals surface area contributed by atoms with Crippen LogP contribution in [0.4, 0.5) is 0 Å². The Kier molecular flexibility index (Phi) is 5.12. The molecular formula is C12H20N2O4. The van der Waals surface area contributed by atoms with Gasteiger partial charge in [0.1, 0.15) is 12.1 Å². The third-order valence-electron chi connectivity index (χ3n) is 2.82. The van der Waals surface area contributed by atoms with E-state index in [1.54, 1.807) is 0 Å². The van der Waals surface area contributed by atoms with Gasteiger partial charge in [-0.1, -0.05) is 13.8 Å². The quantitative estimate of drug-likeness (QED) is 0.676. The summed E-state index contributed by atoms with van der Waals surface area (Å²) >= 11 is 0. The molecular weight excluding hydrogens is 236 g/mol. The maximum absolute atomic E-state index is 11.9. The first-order chi connectivity index (χ1) is 8.43. The summed E-state index contributed by atoms with van der Waals surface area (Å²) in [7, 11) is 1.29. The zero-order valence-corrected chi connectivity index (χ0v) is 11.0. The van der Waals surface area contributed by atoms with Crippen molar-refractivity contribution in [2.75, 3.05) is 7.11 Å². The van der Waals surface area contributed by atoms with Gasteiger partial charge in [-0.05, 0) is 18.8 Å². The number of ether oxygens (including phenoxy) is 1. The molecule has 0 spiro atoms. The van der Waals surface area contributed by atoms with Gasteiger partial charge in [0, 0.05) is 6.42 Å². The Hall–Kier alpha value is -1.59. The van der Waals surface area contributed by atoms with Crippen LogP contribution in [-0.4, -0.2) is 37.0 Å². The lowest BCUT2D eigenvalue weighted by Gasteiger charge is -2.20. The van der Waals surface area contributed by atoms with Gasteiger partial charge in [0.15, 0.2) is 0 Å². The smallest absolute Gasteiger partial charge is 0.328 e. The molecule has 0 aromatic heterocycles. The van der Waals surface area contributed by atoms with E-state index in [1.165, 1.54) is 7.11 Å². The molecule has 0 aromatic rings. The Labute approximate surface area is 106 Å². The van der Waals surface area contributed by atoms with E-state index in [2.05, 4.69) is 15.4 Å². The fourth-order valence-electron chi connectivity index (χ4n) is 1.91. The molecule has 2 N–H and O–H groups in total. The normalized spacial score (nSPS) is 20.4. The van der Waals surface area contributed by atoms with Gasteiger partial charge in [-0.25, -0.2) is 4.79 Å². The van der Waals surface area contributed by atoms with Crippen molar-refractivity contribution in [3.63, 3.8) is 0 Å². The molecule has 1 aliphatic rings. The molecule has 1 saturated heterocycles. The van der Waals surface area contributed by atoms with Crippen LogP contribution in [0, 0.1) is 5.92 Å². The van der Waals surface area contributed by atoms with E-state index in [9.17, 15) is 14.4 Å². The number of nitrogens with one attached hydrogen (secondary N) is 2. The second kappa shape index (κ2) is 6.37. The highest BCUT2D eigenvalue weighted by atomic mass is 16.5. The maximum Gasteiger partial charge on any atom is 0.328 e. The van der Waals surface area contributed by atoms with Crippen LogP contribution in [0.15, 0.2) is 0 Å². The van der Waals surface area contributed by atoms with Crippen molar-refractivity contribution in [2.24, 2.45) is 5.92 Å². The average Bonchev–Trinajstić information content (AvgIpc) is 2.73. The molecule has 0 saturated carbocycles. The lowest BCUT2D eigenvalue weighted by atomic mass is 10.0. The zero-order valence-electron chi connectivity index (χ0n) is 11.0. The van der Waals surface area contributed by atoms with E-state index in [0.29, 0.717) is 19.3 Å². The van der Waals surface area contributed by atoms with E-state index in [-0.39, 0.29) is 17.7 Å². The number of hydrogen-bond donors (Lipinski definition) is 2. The number of carbonyl (C=O) groups is 3. The summed E-state index contributed by atoms with van der Waals surface area (Å²) in [5.74, 6) is -0.653. The molecule has 0 aromatic carbocycles. The Morgan fingerprint density at radius 2 is 2.17 bits per heavy atom. The third kappa shape index (κ3) is 4.01.